The lowest BCUT2D eigenvalue weighted by Crippen LogP contribution is -2.36. The Balaban J connectivity index is 2.03. The quantitative estimate of drug-likeness (QED) is 0.512. The second kappa shape index (κ2) is 9.06. The van der Waals surface area contributed by atoms with Crippen molar-refractivity contribution in [1.82, 2.24) is 9.88 Å². The fourth-order valence-electron chi connectivity index (χ4n) is 3.33. The normalized spacial score (nSPS) is 11.1. The first-order valence-electron chi connectivity index (χ1n) is 9.37. The third-order valence-corrected chi connectivity index (χ3v) is 5.63. The minimum absolute atomic E-state index is 0.0447. The molecule has 0 aliphatic carbocycles. The minimum Gasteiger partial charge on any atom is -0.496 e. The van der Waals surface area contributed by atoms with E-state index >= 15 is 0 Å². The van der Waals surface area contributed by atoms with Crippen molar-refractivity contribution in [3.8, 4) is 17.2 Å². The van der Waals surface area contributed by atoms with Gasteiger partial charge in [0, 0.05) is 24.0 Å². The molecule has 0 aliphatic heterocycles. The average molecular weight is 451 g/mol. The number of hydrogen-bond donors (Lipinski definition) is 1. The van der Waals surface area contributed by atoms with Crippen molar-refractivity contribution < 1.29 is 19.0 Å². The van der Waals surface area contributed by atoms with Crippen molar-refractivity contribution in [2.45, 2.75) is 26.4 Å². The molecule has 0 fully saturated rings. The Kier molecular flexibility index (Phi) is 6.68. The molecule has 8 heteroatoms. The number of nitrogens with zero attached hydrogens (tertiary/aromatic N) is 1. The summed E-state index contributed by atoms with van der Waals surface area (Å²) in [7, 11) is 4.67. The van der Waals surface area contributed by atoms with Crippen LogP contribution in [0.5, 0.6) is 17.2 Å². The minimum atomic E-state index is -0.157. The molecule has 3 rings (SSSR count). The second-order valence-corrected chi connectivity index (χ2v) is 7.88. The summed E-state index contributed by atoms with van der Waals surface area (Å²) in [6.07, 6.45) is 0. The predicted molar refractivity (Wildman–Crippen MR) is 119 cm³/mol. The van der Waals surface area contributed by atoms with E-state index in [1.165, 1.54) is 0 Å². The molecule has 0 bridgehead atoms. The van der Waals surface area contributed by atoms with Gasteiger partial charge in [0.1, 0.15) is 11.4 Å². The number of carbonyl (C=O) groups excluding carboxylic acids is 1. The van der Waals surface area contributed by atoms with E-state index in [1.54, 1.807) is 50.5 Å². The van der Waals surface area contributed by atoms with E-state index in [4.69, 9.17) is 37.4 Å². The van der Waals surface area contributed by atoms with Crippen LogP contribution in [0.2, 0.25) is 10.0 Å². The molecule has 160 valence electrons. The number of rotatable bonds is 7. The first-order chi connectivity index (χ1) is 14.3. The van der Waals surface area contributed by atoms with Gasteiger partial charge in [-0.15, -0.1) is 0 Å². The number of aromatic nitrogens is 1. The summed E-state index contributed by atoms with van der Waals surface area (Å²) in [5.41, 5.74) is 1.94. The molecule has 6 nitrogen and oxygen atoms in total. The Hall–Kier alpha value is -2.57. The van der Waals surface area contributed by atoms with E-state index in [1.807, 2.05) is 19.9 Å². The van der Waals surface area contributed by atoms with Crippen molar-refractivity contribution in [3.05, 3.63) is 51.6 Å². The summed E-state index contributed by atoms with van der Waals surface area (Å²) in [6.45, 7) is 4.31. The zero-order valence-electron chi connectivity index (χ0n) is 17.5. The molecule has 0 atom stereocenters. The number of amides is 1. The van der Waals surface area contributed by atoms with Gasteiger partial charge in [-0.2, -0.15) is 0 Å². The maximum atomic E-state index is 13.4. The van der Waals surface area contributed by atoms with Crippen LogP contribution in [0.15, 0.2) is 30.3 Å². The monoisotopic (exact) mass is 450 g/mol. The highest BCUT2D eigenvalue weighted by Crippen LogP contribution is 2.41. The lowest BCUT2D eigenvalue weighted by Gasteiger charge is -2.26. The summed E-state index contributed by atoms with van der Waals surface area (Å²) in [4.78, 5) is 18.3. The van der Waals surface area contributed by atoms with E-state index in [0.29, 0.717) is 45.0 Å². The molecule has 0 saturated heterocycles. The molecule has 0 spiro atoms. The number of methoxy groups -OCH3 is 3. The number of H-pyrrole nitrogens is 1. The van der Waals surface area contributed by atoms with Crippen LogP contribution >= 0.6 is 23.2 Å². The zero-order chi connectivity index (χ0) is 22.0. The van der Waals surface area contributed by atoms with Gasteiger partial charge in [0.2, 0.25) is 0 Å². The summed E-state index contributed by atoms with van der Waals surface area (Å²) in [5, 5.41) is 1.67. The third-order valence-electron chi connectivity index (χ3n) is 4.89. The predicted octanol–water partition coefficient (Wildman–Crippen LogP) is 5.55. The van der Waals surface area contributed by atoms with Crippen LogP contribution in [0.1, 0.15) is 29.9 Å². The van der Waals surface area contributed by atoms with Crippen LogP contribution in [0.25, 0.3) is 10.9 Å². The smallest absolute Gasteiger partial charge is 0.270 e. The maximum Gasteiger partial charge on any atom is 0.270 e. The summed E-state index contributed by atoms with van der Waals surface area (Å²) in [6, 6.07) is 8.82. The Morgan fingerprint density at radius 1 is 1.00 bits per heavy atom. The van der Waals surface area contributed by atoms with E-state index in [2.05, 4.69) is 4.98 Å². The molecule has 0 aliphatic rings. The molecule has 1 amide bonds. The van der Waals surface area contributed by atoms with Gasteiger partial charge in [-0.05, 0) is 37.6 Å². The van der Waals surface area contributed by atoms with Crippen LogP contribution in [0, 0.1) is 0 Å². The summed E-state index contributed by atoms with van der Waals surface area (Å²) >= 11 is 12.2. The van der Waals surface area contributed by atoms with Gasteiger partial charge in [0.15, 0.2) is 11.5 Å². The van der Waals surface area contributed by atoms with Crippen molar-refractivity contribution in [3.63, 3.8) is 0 Å². The number of hydrogen-bond acceptors (Lipinski definition) is 4. The molecule has 0 unspecified atom stereocenters. The van der Waals surface area contributed by atoms with Gasteiger partial charge >= 0.3 is 0 Å². The lowest BCUT2D eigenvalue weighted by molar-refractivity contribution is 0.0685. The molecule has 1 N–H and O–H groups in total. The van der Waals surface area contributed by atoms with Gasteiger partial charge in [-0.1, -0.05) is 29.3 Å². The highest BCUT2D eigenvalue weighted by molar-refractivity contribution is 6.42. The molecule has 1 aromatic heterocycles. The van der Waals surface area contributed by atoms with Crippen LogP contribution in [0.3, 0.4) is 0 Å². The standard InChI is InChI=1S/C22H24Cl2N2O4/c1-12(2)26(11-13-6-7-15(23)16(24)8-13)22(27)17-9-14-18(28-3)10-19(29-4)21(30-5)20(14)25-17/h6-10,12,25H,11H2,1-5H3. The number of ether oxygens (including phenoxy) is 3. The van der Waals surface area contributed by atoms with Gasteiger partial charge in [-0.25, -0.2) is 0 Å². The molecule has 0 saturated carbocycles. The van der Waals surface area contributed by atoms with Crippen molar-refractivity contribution >= 4 is 40.0 Å². The van der Waals surface area contributed by atoms with E-state index in [-0.39, 0.29) is 11.9 Å². The van der Waals surface area contributed by atoms with E-state index in [9.17, 15) is 4.79 Å². The third kappa shape index (κ3) is 4.16. The Labute approximate surface area is 185 Å². The van der Waals surface area contributed by atoms with Gasteiger partial charge in [0.05, 0.1) is 36.9 Å². The Bertz CT molecular complexity index is 1080. The molecule has 2 aromatic carbocycles. The molecule has 0 radical (unpaired) electrons. The number of aromatic amines is 1. The van der Waals surface area contributed by atoms with Gasteiger partial charge in [0.25, 0.3) is 5.91 Å². The molecular weight excluding hydrogens is 427 g/mol. The van der Waals surface area contributed by atoms with Crippen LogP contribution in [-0.2, 0) is 6.54 Å². The topological polar surface area (TPSA) is 63.8 Å². The summed E-state index contributed by atoms with van der Waals surface area (Å²) < 4.78 is 16.4. The zero-order valence-corrected chi connectivity index (χ0v) is 19.0. The first-order valence-corrected chi connectivity index (χ1v) is 10.1. The fraction of sp³-hybridized carbons (Fsp3) is 0.318. The summed E-state index contributed by atoms with van der Waals surface area (Å²) in [5.74, 6) is 1.45. The first kappa shape index (κ1) is 22.1. The highest BCUT2D eigenvalue weighted by Gasteiger charge is 2.24. The SMILES string of the molecule is COc1cc(OC)c2cc(C(=O)N(Cc3ccc(Cl)c(Cl)c3)C(C)C)[nH]c2c1OC. The fourth-order valence-corrected chi connectivity index (χ4v) is 3.65. The molecule has 30 heavy (non-hydrogen) atoms. The van der Waals surface area contributed by atoms with Crippen LogP contribution in [0.4, 0.5) is 0 Å². The largest absolute Gasteiger partial charge is 0.496 e. The van der Waals surface area contributed by atoms with Gasteiger partial charge in [-0.3, -0.25) is 4.79 Å². The lowest BCUT2D eigenvalue weighted by atomic mass is 10.1. The molecule has 1 heterocycles. The Morgan fingerprint density at radius 2 is 1.70 bits per heavy atom. The average Bonchev–Trinajstić information content (AvgIpc) is 3.17. The maximum absolute atomic E-state index is 13.4. The second-order valence-electron chi connectivity index (χ2n) is 7.06. The molecule has 3 aromatic rings. The number of carbonyl (C=O) groups is 1. The number of fused-ring (bicyclic) bond motifs is 1. The van der Waals surface area contributed by atoms with Crippen molar-refractivity contribution in [2.24, 2.45) is 0 Å². The highest BCUT2D eigenvalue weighted by atomic mass is 35.5. The Morgan fingerprint density at radius 3 is 2.27 bits per heavy atom. The number of halogens is 2. The van der Waals surface area contributed by atoms with Crippen LogP contribution < -0.4 is 14.2 Å². The number of nitrogens with one attached hydrogen (secondary N) is 1. The molecular formula is C22H24Cl2N2O4. The number of benzene rings is 2. The van der Waals surface area contributed by atoms with E-state index < -0.39 is 0 Å². The van der Waals surface area contributed by atoms with Gasteiger partial charge < -0.3 is 24.1 Å². The van der Waals surface area contributed by atoms with Crippen molar-refractivity contribution in [1.29, 1.82) is 0 Å². The van der Waals surface area contributed by atoms with Crippen LogP contribution in [-0.4, -0.2) is 43.2 Å². The van der Waals surface area contributed by atoms with Crippen molar-refractivity contribution in [2.75, 3.05) is 21.3 Å². The van der Waals surface area contributed by atoms with E-state index in [0.717, 1.165) is 10.9 Å².